The van der Waals surface area contributed by atoms with Crippen LogP contribution in [0.2, 0.25) is 0 Å². The third kappa shape index (κ3) is 3.44. The Hall–Kier alpha value is -0.640. The lowest BCUT2D eigenvalue weighted by atomic mass is 9.84. The molecule has 1 saturated heterocycles. The standard InChI is InChI=1S/C12H20N2O3S/c13-10-12(6-2-1-3-7-12)14-18(15,16)9-11-5-4-8-17-11/h11,14H,1-9H2. The van der Waals surface area contributed by atoms with Crippen LogP contribution in [0.3, 0.4) is 0 Å². The van der Waals surface area contributed by atoms with Crippen molar-refractivity contribution in [3.63, 3.8) is 0 Å². The molecule has 2 rings (SSSR count). The summed E-state index contributed by atoms with van der Waals surface area (Å²) >= 11 is 0. The number of sulfonamides is 1. The maximum atomic E-state index is 12.1. The predicted molar refractivity (Wildman–Crippen MR) is 67.3 cm³/mol. The molecule has 0 aromatic rings. The van der Waals surface area contributed by atoms with E-state index in [0.29, 0.717) is 19.4 Å². The van der Waals surface area contributed by atoms with Gasteiger partial charge >= 0.3 is 0 Å². The largest absolute Gasteiger partial charge is 0.377 e. The topological polar surface area (TPSA) is 79.2 Å². The highest BCUT2D eigenvalue weighted by Crippen LogP contribution is 2.28. The Kier molecular flexibility index (Phi) is 4.25. The van der Waals surface area contributed by atoms with Gasteiger partial charge in [0.1, 0.15) is 5.54 Å². The number of ether oxygens (including phenoxy) is 1. The van der Waals surface area contributed by atoms with E-state index in [-0.39, 0.29) is 11.9 Å². The lowest BCUT2D eigenvalue weighted by Crippen LogP contribution is -2.50. The summed E-state index contributed by atoms with van der Waals surface area (Å²) in [7, 11) is -3.43. The summed E-state index contributed by atoms with van der Waals surface area (Å²) in [5, 5.41) is 9.26. The van der Waals surface area contributed by atoms with Gasteiger partial charge in [-0.2, -0.15) is 9.98 Å². The average Bonchev–Trinajstić information content (AvgIpc) is 2.81. The Morgan fingerprint density at radius 3 is 2.56 bits per heavy atom. The van der Waals surface area contributed by atoms with Crippen LogP contribution in [0.4, 0.5) is 0 Å². The summed E-state index contributed by atoms with van der Waals surface area (Å²) in [5.74, 6) is -0.0174. The van der Waals surface area contributed by atoms with Crippen molar-refractivity contribution in [2.24, 2.45) is 0 Å². The molecule has 0 aromatic carbocycles. The molecule has 1 aliphatic heterocycles. The van der Waals surface area contributed by atoms with Crippen molar-refractivity contribution in [1.29, 1.82) is 5.26 Å². The molecule has 0 spiro atoms. The lowest BCUT2D eigenvalue weighted by Gasteiger charge is -2.31. The van der Waals surface area contributed by atoms with Crippen molar-refractivity contribution in [2.45, 2.75) is 56.6 Å². The van der Waals surface area contributed by atoms with Crippen LogP contribution >= 0.6 is 0 Å². The fraction of sp³-hybridized carbons (Fsp3) is 0.917. The van der Waals surface area contributed by atoms with Crippen LogP contribution in [0, 0.1) is 11.3 Å². The van der Waals surface area contributed by atoms with Gasteiger partial charge in [0.05, 0.1) is 17.9 Å². The van der Waals surface area contributed by atoms with Crippen molar-refractivity contribution in [3.05, 3.63) is 0 Å². The van der Waals surface area contributed by atoms with E-state index < -0.39 is 15.6 Å². The third-order valence-corrected chi connectivity index (χ3v) is 5.21. The van der Waals surface area contributed by atoms with E-state index in [1.54, 1.807) is 0 Å². The monoisotopic (exact) mass is 272 g/mol. The minimum Gasteiger partial charge on any atom is -0.377 e. The molecule has 5 nitrogen and oxygen atoms in total. The number of rotatable bonds is 4. The molecular weight excluding hydrogens is 252 g/mol. The molecule has 2 fully saturated rings. The molecule has 2 aliphatic rings. The molecule has 0 aromatic heterocycles. The molecule has 1 N–H and O–H groups in total. The molecule has 18 heavy (non-hydrogen) atoms. The van der Waals surface area contributed by atoms with Gasteiger partial charge < -0.3 is 4.74 Å². The van der Waals surface area contributed by atoms with Crippen molar-refractivity contribution >= 4 is 10.0 Å². The molecule has 0 bridgehead atoms. The fourth-order valence-corrected chi connectivity index (χ4v) is 4.43. The van der Waals surface area contributed by atoms with Gasteiger partial charge in [0.2, 0.25) is 10.0 Å². The highest BCUT2D eigenvalue weighted by Gasteiger charge is 2.37. The van der Waals surface area contributed by atoms with Gasteiger partial charge in [0.25, 0.3) is 0 Å². The molecule has 1 saturated carbocycles. The first-order valence-corrected chi connectivity index (χ1v) is 8.25. The zero-order valence-corrected chi connectivity index (χ0v) is 11.3. The first-order chi connectivity index (χ1) is 8.55. The van der Waals surface area contributed by atoms with Crippen LogP contribution in [-0.4, -0.2) is 32.4 Å². The first kappa shape index (κ1) is 13.8. The molecule has 0 radical (unpaired) electrons. The van der Waals surface area contributed by atoms with Crippen molar-refractivity contribution in [2.75, 3.05) is 12.4 Å². The second kappa shape index (κ2) is 5.55. The lowest BCUT2D eigenvalue weighted by molar-refractivity contribution is 0.127. The Balaban J connectivity index is 1.99. The molecule has 1 heterocycles. The van der Waals surface area contributed by atoms with E-state index in [2.05, 4.69) is 10.8 Å². The molecule has 1 atom stereocenters. The number of nitrogens with one attached hydrogen (secondary N) is 1. The average molecular weight is 272 g/mol. The van der Waals surface area contributed by atoms with Crippen LogP contribution in [0.5, 0.6) is 0 Å². The van der Waals surface area contributed by atoms with Crippen molar-refractivity contribution in [1.82, 2.24) is 4.72 Å². The Morgan fingerprint density at radius 2 is 2.00 bits per heavy atom. The fourth-order valence-electron chi connectivity index (χ4n) is 2.75. The highest BCUT2D eigenvalue weighted by atomic mass is 32.2. The Morgan fingerprint density at radius 1 is 1.28 bits per heavy atom. The van der Waals surface area contributed by atoms with Crippen molar-refractivity contribution < 1.29 is 13.2 Å². The molecule has 0 amide bonds. The first-order valence-electron chi connectivity index (χ1n) is 6.60. The summed E-state index contributed by atoms with van der Waals surface area (Å²) in [6, 6.07) is 2.17. The maximum absolute atomic E-state index is 12.1. The SMILES string of the molecule is N#CC1(NS(=O)(=O)CC2CCCO2)CCCCC1. The zero-order valence-electron chi connectivity index (χ0n) is 10.5. The van der Waals surface area contributed by atoms with Crippen LogP contribution in [0.1, 0.15) is 44.9 Å². The number of hydrogen-bond acceptors (Lipinski definition) is 4. The molecular formula is C12H20N2O3S. The van der Waals surface area contributed by atoms with E-state index >= 15 is 0 Å². The quantitative estimate of drug-likeness (QED) is 0.837. The normalized spacial score (nSPS) is 27.8. The Labute approximate surface area is 109 Å². The maximum Gasteiger partial charge on any atom is 0.215 e. The number of nitrogens with zero attached hydrogens (tertiary/aromatic N) is 1. The highest BCUT2D eigenvalue weighted by molar-refractivity contribution is 7.89. The van der Waals surface area contributed by atoms with Gasteiger partial charge in [-0.15, -0.1) is 0 Å². The molecule has 1 unspecified atom stereocenters. The smallest absolute Gasteiger partial charge is 0.215 e. The van der Waals surface area contributed by atoms with Crippen LogP contribution < -0.4 is 4.72 Å². The van der Waals surface area contributed by atoms with Crippen LogP contribution in [0.15, 0.2) is 0 Å². The van der Waals surface area contributed by atoms with E-state index in [9.17, 15) is 13.7 Å². The van der Waals surface area contributed by atoms with Crippen LogP contribution in [-0.2, 0) is 14.8 Å². The summed E-state index contributed by atoms with van der Waals surface area (Å²) < 4.78 is 32.1. The molecule has 6 heteroatoms. The summed E-state index contributed by atoms with van der Waals surface area (Å²) in [6.45, 7) is 0.642. The predicted octanol–water partition coefficient (Wildman–Crippen LogP) is 1.31. The number of hydrogen-bond donors (Lipinski definition) is 1. The summed E-state index contributed by atoms with van der Waals surface area (Å²) in [6.07, 6.45) is 5.65. The zero-order chi connectivity index (χ0) is 13.1. The summed E-state index contributed by atoms with van der Waals surface area (Å²) in [5.41, 5.74) is -0.879. The summed E-state index contributed by atoms with van der Waals surface area (Å²) in [4.78, 5) is 0. The van der Waals surface area contributed by atoms with Gasteiger partial charge in [0.15, 0.2) is 0 Å². The van der Waals surface area contributed by atoms with Gasteiger partial charge in [-0.3, -0.25) is 0 Å². The van der Waals surface area contributed by atoms with Gasteiger partial charge in [-0.1, -0.05) is 19.3 Å². The van der Waals surface area contributed by atoms with E-state index in [0.717, 1.165) is 32.1 Å². The second-order valence-corrected chi connectivity index (χ2v) is 7.04. The van der Waals surface area contributed by atoms with E-state index in [4.69, 9.17) is 4.74 Å². The van der Waals surface area contributed by atoms with E-state index in [1.165, 1.54) is 0 Å². The number of nitriles is 1. The van der Waals surface area contributed by atoms with Gasteiger partial charge in [0, 0.05) is 6.61 Å². The third-order valence-electron chi connectivity index (χ3n) is 3.70. The Bertz CT molecular complexity index is 415. The van der Waals surface area contributed by atoms with Gasteiger partial charge in [-0.05, 0) is 25.7 Å². The minimum atomic E-state index is -3.43. The minimum absolute atomic E-state index is 0.0174. The van der Waals surface area contributed by atoms with Crippen LogP contribution in [0.25, 0.3) is 0 Å². The second-order valence-electron chi connectivity index (χ2n) is 5.27. The van der Waals surface area contributed by atoms with Crippen molar-refractivity contribution in [3.8, 4) is 6.07 Å². The molecule has 1 aliphatic carbocycles. The molecule has 102 valence electrons. The van der Waals surface area contributed by atoms with Gasteiger partial charge in [-0.25, -0.2) is 8.42 Å². The van der Waals surface area contributed by atoms with E-state index in [1.807, 2.05) is 0 Å².